The van der Waals surface area contributed by atoms with Crippen LogP contribution in [0.25, 0.3) is 5.52 Å². The van der Waals surface area contributed by atoms with Crippen molar-refractivity contribution < 1.29 is 9.53 Å². The molecule has 0 saturated heterocycles. The first-order chi connectivity index (χ1) is 7.81. The molecule has 0 atom stereocenters. The van der Waals surface area contributed by atoms with Crippen LogP contribution in [-0.2, 0) is 4.74 Å². The van der Waals surface area contributed by atoms with E-state index in [9.17, 15) is 4.79 Å². The van der Waals surface area contributed by atoms with Crippen LogP contribution in [0.3, 0.4) is 0 Å². The Morgan fingerprint density at radius 1 is 1.62 bits per heavy atom. The van der Waals surface area contributed by atoms with Crippen molar-refractivity contribution in [3.63, 3.8) is 0 Å². The molecule has 0 aliphatic carbocycles. The fourth-order valence-corrected chi connectivity index (χ4v) is 1.43. The molecule has 0 saturated carbocycles. The molecule has 0 aliphatic rings. The SMILES string of the molecule is COCCNC(=O)c1ccn2cncc2c1. The lowest BCUT2D eigenvalue weighted by molar-refractivity contribution is 0.0937. The number of carbonyl (C=O) groups is 1. The van der Waals surface area contributed by atoms with Crippen LogP contribution >= 0.6 is 0 Å². The number of fused-ring (bicyclic) bond motifs is 1. The van der Waals surface area contributed by atoms with Gasteiger partial charge in [0, 0.05) is 25.4 Å². The van der Waals surface area contributed by atoms with Gasteiger partial charge in [-0.15, -0.1) is 0 Å². The molecule has 0 aromatic carbocycles. The molecule has 0 aliphatic heterocycles. The molecule has 2 aromatic heterocycles. The number of ether oxygens (including phenoxy) is 1. The second kappa shape index (κ2) is 4.76. The van der Waals surface area contributed by atoms with E-state index >= 15 is 0 Å². The quantitative estimate of drug-likeness (QED) is 0.770. The van der Waals surface area contributed by atoms with E-state index in [-0.39, 0.29) is 5.91 Å². The molecule has 5 heteroatoms. The van der Waals surface area contributed by atoms with Gasteiger partial charge < -0.3 is 14.5 Å². The lowest BCUT2D eigenvalue weighted by atomic mass is 10.2. The van der Waals surface area contributed by atoms with Crippen LogP contribution < -0.4 is 5.32 Å². The molecule has 1 amide bonds. The highest BCUT2D eigenvalue weighted by molar-refractivity contribution is 5.95. The van der Waals surface area contributed by atoms with Crippen molar-refractivity contribution in [1.29, 1.82) is 0 Å². The van der Waals surface area contributed by atoms with Crippen LogP contribution in [0.1, 0.15) is 10.4 Å². The topological polar surface area (TPSA) is 55.6 Å². The maximum atomic E-state index is 11.7. The maximum Gasteiger partial charge on any atom is 0.251 e. The van der Waals surface area contributed by atoms with Crippen molar-refractivity contribution >= 4 is 11.4 Å². The van der Waals surface area contributed by atoms with Gasteiger partial charge >= 0.3 is 0 Å². The third-order valence-electron chi connectivity index (χ3n) is 2.27. The van der Waals surface area contributed by atoms with Gasteiger partial charge in [-0.3, -0.25) is 4.79 Å². The molecule has 16 heavy (non-hydrogen) atoms. The van der Waals surface area contributed by atoms with Gasteiger partial charge in [-0.25, -0.2) is 4.98 Å². The van der Waals surface area contributed by atoms with Crippen LogP contribution in [0.5, 0.6) is 0 Å². The molecule has 2 rings (SSSR count). The molecule has 0 spiro atoms. The summed E-state index contributed by atoms with van der Waals surface area (Å²) in [6.45, 7) is 1.03. The van der Waals surface area contributed by atoms with E-state index in [4.69, 9.17) is 4.74 Å². The number of pyridine rings is 1. The Morgan fingerprint density at radius 3 is 3.31 bits per heavy atom. The first kappa shape index (κ1) is 10.6. The van der Waals surface area contributed by atoms with Gasteiger partial charge in [0.2, 0.25) is 0 Å². The largest absolute Gasteiger partial charge is 0.383 e. The Kier molecular flexibility index (Phi) is 3.16. The fourth-order valence-electron chi connectivity index (χ4n) is 1.43. The predicted molar refractivity (Wildman–Crippen MR) is 59.4 cm³/mol. The molecule has 0 bridgehead atoms. The van der Waals surface area contributed by atoms with Gasteiger partial charge in [-0.1, -0.05) is 0 Å². The summed E-state index contributed by atoms with van der Waals surface area (Å²) in [4.78, 5) is 15.7. The lowest BCUT2D eigenvalue weighted by Gasteiger charge is -2.04. The van der Waals surface area contributed by atoms with Crippen LogP contribution in [0.2, 0.25) is 0 Å². The molecule has 2 heterocycles. The fraction of sp³-hybridized carbons (Fsp3) is 0.273. The summed E-state index contributed by atoms with van der Waals surface area (Å²) < 4.78 is 6.71. The lowest BCUT2D eigenvalue weighted by Crippen LogP contribution is -2.26. The van der Waals surface area contributed by atoms with Crippen LogP contribution in [0, 0.1) is 0 Å². The molecular weight excluding hydrogens is 206 g/mol. The van der Waals surface area contributed by atoms with E-state index in [2.05, 4.69) is 10.3 Å². The van der Waals surface area contributed by atoms with Gasteiger partial charge in [0.25, 0.3) is 5.91 Å². The molecule has 84 valence electrons. The number of hydrogen-bond acceptors (Lipinski definition) is 3. The number of hydrogen-bond donors (Lipinski definition) is 1. The molecule has 2 aromatic rings. The third-order valence-corrected chi connectivity index (χ3v) is 2.27. The standard InChI is InChI=1S/C11H13N3O2/c1-16-5-3-13-11(15)9-2-4-14-8-12-7-10(14)6-9/h2,4,6-8H,3,5H2,1H3,(H,13,15). The van der Waals surface area contributed by atoms with Gasteiger partial charge in [0.05, 0.1) is 24.6 Å². The average molecular weight is 219 g/mol. The predicted octanol–water partition coefficient (Wildman–Crippen LogP) is 0.710. The Labute approximate surface area is 93.1 Å². The summed E-state index contributed by atoms with van der Waals surface area (Å²) in [5.41, 5.74) is 1.53. The zero-order valence-electron chi connectivity index (χ0n) is 9.01. The zero-order valence-corrected chi connectivity index (χ0v) is 9.01. The van der Waals surface area contributed by atoms with Crippen molar-refractivity contribution in [2.75, 3.05) is 20.3 Å². The Balaban J connectivity index is 2.10. The van der Waals surface area contributed by atoms with E-state index in [0.29, 0.717) is 18.7 Å². The van der Waals surface area contributed by atoms with E-state index in [1.165, 1.54) is 0 Å². The highest BCUT2D eigenvalue weighted by atomic mass is 16.5. The minimum absolute atomic E-state index is 0.0965. The Bertz CT molecular complexity index is 493. The number of methoxy groups -OCH3 is 1. The van der Waals surface area contributed by atoms with Gasteiger partial charge in [0.15, 0.2) is 0 Å². The normalized spacial score (nSPS) is 10.6. The summed E-state index contributed by atoms with van der Waals surface area (Å²) in [7, 11) is 1.60. The monoisotopic (exact) mass is 219 g/mol. The number of imidazole rings is 1. The zero-order chi connectivity index (χ0) is 11.4. The molecule has 0 unspecified atom stereocenters. The highest BCUT2D eigenvalue weighted by Crippen LogP contribution is 2.06. The van der Waals surface area contributed by atoms with Crippen LogP contribution in [-0.4, -0.2) is 35.6 Å². The minimum atomic E-state index is -0.0965. The molecule has 0 fully saturated rings. The molecule has 1 N–H and O–H groups in total. The maximum absolute atomic E-state index is 11.7. The van der Waals surface area contributed by atoms with Gasteiger partial charge in [-0.05, 0) is 12.1 Å². The van der Waals surface area contributed by atoms with Crippen molar-refractivity contribution in [3.8, 4) is 0 Å². The third kappa shape index (κ3) is 2.20. The number of nitrogens with zero attached hydrogens (tertiary/aromatic N) is 2. The number of nitrogens with one attached hydrogen (secondary N) is 1. The Hall–Kier alpha value is -1.88. The number of carbonyl (C=O) groups excluding carboxylic acids is 1. The smallest absolute Gasteiger partial charge is 0.251 e. The molecular formula is C11H13N3O2. The second-order valence-corrected chi connectivity index (χ2v) is 3.39. The van der Waals surface area contributed by atoms with Gasteiger partial charge in [0.1, 0.15) is 0 Å². The minimum Gasteiger partial charge on any atom is -0.383 e. The second-order valence-electron chi connectivity index (χ2n) is 3.39. The van der Waals surface area contributed by atoms with Crippen molar-refractivity contribution in [1.82, 2.24) is 14.7 Å². The van der Waals surface area contributed by atoms with E-state index < -0.39 is 0 Å². The summed E-state index contributed by atoms with van der Waals surface area (Å²) in [6.07, 6.45) is 5.22. The summed E-state index contributed by atoms with van der Waals surface area (Å²) >= 11 is 0. The average Bonchev–Trinajstić information content (AvgIpc) is 2.76. The van der Waals surface area contributed by atoms with E-state index in [1.54, 1.807) is 31.8 Å². The van der Waals surface area contributed by atoms with Gasteiger partial charge in [-0.2, -0.15) is 0 Å². The molecule has 5 nitrogen and oxygen atoms in total. The van der Waals surface area contributed by atoms with Crippen LogP contribution in [0.15, 0.2) is 30.9 Å². The summed E-state index contributed by atoms with van der Waals surface area (Å²) in [6, 6.07) is 3.56. The van der Waals surface area contributed by atoms with E-state index in [1.807, 2.05) is 10.6 Å². The highest BCUT2D eigenvalue weighted by Gasteiger charge is 2.05. The van der Waals surface area contributed by atoms with Crippen molar-refractivity contribution in [2.24, 2.45) is 0 Å². The number of rotatable bonds is 4. The summed E-state index contributed by atoms with van der Waals surface area (Å²) in [5, 5.41) is 2.76. The van der Waals surface area contributed by atoms with Crippen molar-refractivity contribution in [2.45, 2.75) is 0 Å². The first-order valence-electron chi connectivity index (χ1n) is 5.00. The Morgan fingerprint density at radius 2 is 2.50 bits per heavy atom. The summed E-state index contributed by atoms with van der Waals surface area (Å²) in [5.74, 6) is -0.0965. The van der Waals surface area contributed by atoms with Crippen LogP contribution in [0.4, 0.5) is 0 Å². The first-order valence-corrected chi connectivity index (χ1v) is 5.00. The molecule has 0 radical (unpaired) electrons. The number of amides is 1. The van der Waals surface area contributed by atoms with E-state index in [0.717, 1.165) is 5.52 Å². The van der Waals surface area contributed by atoms with Crippen molar-refractivity contribution in [3.05, 3.63) is 36.4 Å². The number of aromatic nitrogens is 2.